The molecule has 0 saturated carbocycles. The lowest BCUT2D eigenvalue weighted by Crippen LogP contribution is -2.44. The molecule has 9 heteroatoms. The average molecular weight is 492 g/mol. The normalized spacial score (nSPS) is 18.6. The van der Waals surface area contributed by atoms with Gasteiger partial charge >= 0.3 is 0 Å². The van der Waals surface area contributed by atoms with Crippen LogP contribution in [0.25, 0.3) is 5.65 Å². The average Bonchev–Trinajstić information content (AvgIpc) is 3.43. The third-order valence-electron chi connectivity index (χ3n) is 5.78. The minimum atomic E-state index is -0.215. The number of pyridine rings is 1. The van der Waals surface area contributed by atoms with E-state index in [0.29, 0.717) is 23.1 Å². The number of amides is 1. The van der Waals surface area contributed by atoms with Crippen molar-refractivity contribution >= 4 is 28.0 Å². The summed E-state index contributed by atoms with van der Waals surface area (Å²) < 4.78 is 13.7. The number of aryl methyl sites for hydroxylation is 1. The van der Waals surface area contributed by atoms with Crippen molar-refractivity contribution in [1.29, 1.82) is 0 Å². The highest BCUT2D eigenvalue weighted by atomic mass is 32.1. The molecule has 35 heavy (non-hydrogen) atoms. The van der Waals surface area contributed by atoms with Crippen LogP contribution >= 0.6 is 11.3 Å². The zero-order chi connectivity index (χ0) is 24.4. The number of nitrogens with zero attached hydrogens (tertiary/aromatic N) is 4. The molecular formula is C26H29N5O3S. The lowest BCUT2D eigenvalue weighted by Gasteiger charge is -2.34. The van der Waals surface area contributed by atoms with Crippen molar-refractivity contribution in [2.24, 2.45) is 0 Å². The molecule has 5 rings (SSSR count). The molecule has 0 radical (unpaired) electrons. The Morgan fingerprint density at radius 1 is 1.14 bits per heavy atom. The molecule has 1 aromatic carbocycles. The SMILES string of the molecule is Cc1ccc2nc(COc3cccc(C(=O)Nc4nc(CN5CC(C)OC(C)C5)cs4)c3)cn2c1. The van der Waals surface area contributed by atoms with Gasteiger partial charge < -0.3 is 13.9 Å². The molecule has 1 saturated heterocycles. The molecule has 1 amide bonds. The number of hydrogen-bond donors (Lipinski definition) is 1. The lowest BCUT2D eigenvalue weighted by molar-refractivity contribution is -0.0707. The monoisotopic (exact) mass is 491 g/mol. The molecule has 1 N–H and O–H groups in total. The Kier molecular flexibility index (Phi) is 6.81. The number of fused-ring (bicyclic) bond motifs is 1. The Morgan fingerprint density at radius 2 is 1.97 bits per heavy atom. The number of aromatic nitrogens is 3. The fourth-order valence-corrected chi connectivity index (χ4v) is 5.05. The van der Waals surface area contributed by atoms with Gasteiger partial charge in [-0.1, -0.05) is 12.1 Å². The number of rotatable bonds is 7. The zero-order valence-electron chi connectivity index (χ0n) is 20.1. The van der Waals surface area contributed by atoms with Gasteiger partial charge in [0.2, 0.25) is 0 Å². The number of benzene rings is 1. The van der Waals surface area contributed by atoms with Crippen LogP contribution in [0, 0.1) is 6.92 Å². The number of carbonyl (C=O) groups is 1. The van der Waals surface area contributed by atoms with Crippen molar-refractivity contribution in [1.82, 2.24) is 19.3 Å². The van der Waals surface area contributed by atoms with E-state index in [-0.39, 0.29) is 18.1 Å². The van der Waals surface area contributed by atoms with E-state index in [2.05, 4.69) is 34.0 Å². The standard InChI is InChI=1S/C26H29N5O3S/c1-17-7-8-24-27-21(14-31(24)10-17)15-33-23-6-4-5-20(9-23)25(32)29-26-28-22(16-35-26)13-30-11-18(2)34-19(3)12-30/h4-10,14,16,18-19H,11-13,15H2,1-3H3,(H,28,29,32). The summed E-state index contributed by atoms with van der Waals surface area (Å²) in [5, 5.41) is 5.50. The molecule has 8 nitrogen and oxygen atoms in total. The third kappa shape index (κ3) is 5.87. The van der Waals surface area contributed by atoms with Crippen molar-refractivity contribution in [3.8, 4) is 5.75 Å². The molecule has 2 unspecified atom stereocenters. The van der Waals surface area contributed by atoms with E-state index in [1.165, 1.54) is 16.9 Å². The maximum atomic E-state index is 12.8. The van der Waals surface area contributed by atoms with Gasteiger partial charge in [0.25, 0.3) is 5.91 Å². The highest BCUT2D eigenvalue weighted by Crippen LogP contribution is 2.21. The van der Waals surface area contributed by atoms with Gasteiger partial charge in [-0.25, -0.2) is 9.97 Å². The van der Waals surface area contributed by atoms with Crippen LogP contribution in [-0.2, 0) is 17.9 Å². The van der Waals surface area contributed by atoms with E-state index in [1.54, 1.807) is 12.1 Å². The van der Waals surface area contributed by atoms with Crippen molar-refractivity contribution in [3.63, 3.8) is 0 Å². The quantitative estimate of drug-likeness (QED) is 0.409. The van der Waals surface area contributed by atoms with Gasteiger partial charge in [0.1, 0.15) is 18.0 Å². The summed E-state index contributed by atoms with van der Waals surface area (Å²) in [6.45, 7) is 9.05. The minimum Gasteiger partial charge on any atom is -0.487 e. The number of morpholine rings is 1. The Bertz CT molecular complexity index is 1320. The van der Waals surface area contributed by atoms with Gasteiger partial charge in [-0.3, -0.25) is 15.0 Å². The van der Waals surface area contributed by atoms with E-state index >= 15 is 0 Å². The van der Waals surface area contributed by atoms with Gasteiger partial charge in [0.05, 0.1) is 23.6 Å². The van der Waals surface area contributed by atoms with Gasteiger partial charge in [-0.2, -0.15) is 0 Å². The number of imidazole rings is 1. The number of carbonyl (C=O) groups excluding carboxylic acids is 1. The second-order valence-electron chi connectivity index (χ2n) is 9.07. The van der Waals surface area contributed by atoms with E-state index in [4.69, 9.17) is 9.47 Å². The molecule has 4 heterocycles. The Balaban J connectivity index is 1.18. The van der Waals surface area contributed by atoms with E-state index in [9.17, 15) is 4.79 Å². The first-order chi connectivity index (χ1) is 16.9. The van der Waals surface area contributed by atoms with Gasteiger partial charge in [-0.05, 0) is 50.6 Å². The first-order valence-corrected chi connectivity index (χ1v) is 12.6. The molecule has 182 valence electrons. The van der Waals surface area contributed by atoms with Gasteiger partial charge in [0.15, 0.2) is 5.13 Å². The van der Waals surface area contributed by atoms with Crippen LogP contribution in [0.5, 0.6) is 5.75 Å². The smallest absolute Gasteiger partial charge is 0.257 e. The summed E-state index contributed by atoms with van der Waals surface area (Å²) in [6.07, 6.45) is 4.41. The largest absolute Gasteiger partial charge is 0.487 e. The molecular weight excluding hydrogens is 462 g/mol. The molecule has 1 fully saturated rings. The maximum Gasteiger partial charge on any atom is 0.257 e. The predicted octanol–water partition coefficient (Wildman–Crippen LogP) is 4.54. The molecule has 0 aliphatic carbocycles. The Labute approximate surface area is 208 Å². The van der Waals surface area contributed by atoms with Crippen LogP contribution in [0.15, 0.2) is 54.2 Å². The van der Waals surface area contributed by atoms with E-state index < -0.39 is 0 Å². The van der Waals surface area contributed by atoms with Crippen LogP contribution in [0.4, 0.5) is 5.13 Å². The van der Waals surface area contributed by atoms with E-state index in [1.807, 2.05) is 53.4 Å². The van der Waals surface area contributed by atoms with Gasteiger partial charge in [0, 0.05) is 43.0 Å². The zero-order valence-corrected chi connectivity index (χ0v) is 20.9. The Hall–Kier alpha value is -3.27. The summed E-state index contributed by atoms with van der Waals surface area (Å²) in [5.74, 6) is 0.398. The summed E-state index contributed by atoms with van der Waals surface area (Å²) >= 11 is 1.43. The summed E-state index contributed by atoms with van der Waals surface area (Å²) in [7, 11) is 0. The molecule has 0 spiro atoms. The highest BCUT2D eigenvalue weighted by Gasteiger charge is 2.23. The number of hydrogen-bond acceptors (Lipinski definition) is 7. The molecule has 0 bridgehead atoms. The predicted molar refractivity (Wildman–Crippen MR) is 136 cm³/mol. The van der Waals surface area contributed by atoms with Crippen LogP contribution in [0.1, 0.15) is 41.2 Å². The second kappa shape index (κ2) is 10.2. The molecule has 1 aliphatic rings. The number of ether oxygens (including phenoxy) is 2. The summed E-state index contributed by atoms with van der Waals surface area (Å²) in [4.78, 5) is 24.4. The van der Waals surface area contributed by atoms with Crippen molar-refractivity contribution in [2.45, 2.75) is 46.1 Å². The number of nitrogens with one attached hydrogen (secondary N) is 1. The molecule has 3 aromatic heterocycles. The maximum absolute atomic E-state index is 12.8. The first kappa shape index (κ1) is 23.5. The summed E-state index contributed by atoms with van der Waals surface area (Å²) in [6, 6.07) is 11.2. The molecule has 1 aliphatic heterocycles. The minimum absolute atomic E-state index is 0.211. The van der Waals surface area contributed by atoms with Crippen LogP contribution in [-0.4, -0.2) is 50.5 Å². The van der Waals surface area contributed by atoms with Crippen molar-refractivity contribution in [3.05, 3.63) is 76.7 Å². The second-order valence-corrected chi connectivity index (χ2v) is 9.93. The van der Waals surface area contributed by atoms with Crippen molar-refractivity contribution < 1.29 is 14.3 Å². The van der Waals surface area contributed by atoms with Crippen molar-refractivity contribution in [2.75, 3.05) is 18.4 Å². The Morgan fingerprint density at radius 3 is 2.80 bits per heavy atom. The fourth-order valence-electron chi connectivity index (χ4n) is 4.36. The topological polar surface area (TPSA) is 81.0 Å². The number of thiazole rings is 1. The number of anilines is 1. The third-order valence-corrected chi connectivity index (χ3v) is 6.59. The molecule has 4 aromatic rings. The summed E-state index contributed by atoms with van der Waals surface area (Å²) in [5.41, 5.74) is 4.33. The van der Waals surface area contributed by atoms with Crippen LogP contribution in [0.3, 0.4) is 0 Å². The van der Waals surface area contributed by atoms with E-state index in [0.717, 1.165) is 36.7 Å². The lowest BCUT2D eigenvalue weighted by atomic mass is 10.2. The first-order valence-electron chi connectivity index (χ1n) is 11.7. The van der Waals surface area contributed by atoms with Gasteiger partial charge in [-0.15, -0.1) is 11.3 Å². The van der Waals surface area contributed by atoms with Crippen LogP contribution in [0.2, 0.25) is 0 Å². The fraction of sp³-hybridized carbons (Fsp3) is 0.346. The highest BCUT2D eigenvalue weighted by molar-refractivity contribution is 7.14. The molecule has 2 atom stereocenters. The van der Waals surface area contributed by atoms with Crippen LogP contribution < -0.4 is 10.1 Å².